The fourth-order valence-corrected chi connectivity index (χ4v) is 2.38. The number of hydrogen-bond donors (Lipinski definition) is 1. The van der Waals surface area contributed by atoms with Gasteiger partial charge in [-0.25, -0.2) is 9.97 Å². The van der Waals surface area contributed by atoms with Gasteiger partial charge in [0, 0.05) is 29.9 Å². The Morgan fingerprint density at radius 1 is 1.14 bits per heavy atom. The van der Waals surface area contributed by atoms with Crippen molar-refractivity contribution in [1.82, 2.24) is 9.97 Å². The first-order valence-corrected chi connectivity index (χ1v) is 7.29. The number of anilines is 3. The van der Waals surface area contributed by atoms with E-state index in [-0.39, 0.29) is 0 Å². The molecule has 1 fully saturated rings. The quantitative estimate of drug-likeness (QED) is 0.944. The highest BCUT2D eigenvalue weighted by Gasteiger charge is 2.14. The summed E-state index contributed by atoms with van der Waals surface area (Å²) in [6.07, 6.45) is 0. The van der Waals surface area contributed by atoms with Gasteiger partial charge >= 0.3 is 0 Å². The highest BCUT2D eigenvalue weighted by molar-refractivity contribution is 6.30. The van der Waals surface area contributed by atoms with Gasteiger partial charge in [0.1, 0.15) is 17.5 Å². The number of nitrogens with one attached hydrogen (secondary N) is 1. The number of rotatable bonds is 3. The summed E-state index contributed by atoms with van der Waals surface area (Å²) in [5.41, 5.74) is 0.949. The van der Waals surface area contributed by atoms with E-state index in [1.165, 1.54) is 0 Å². The fourth-order valence-electron chi connectivity index (χ4n) is 2.25. The van der Waals surface area contributed by atoms with Gasteiger partial charge in [-0.2, -0.15) is 0 Å². The summed E-state index contributed by atoms with van der Waals surface area (Å²) in [6, 6.07) is 9.51. The topological polar surface area (TPSA) is 50.3 Å². The van der Waals surface area contributed by atoms with E-state index < -0.39 is 0 Å². The van der Waals surface area contributed by atoms with Gasteiger partial charge in [0.15, 0.2) is 0 Å². The summed E-state index contributed by atoms with van der Waals surface area (Å²) in [7, 11) is 0. The smallest absolute Gasteiger partial charge is 0.136 e. The first kappa shape index (κ1) is 14.1. The van der Waals surface area contributed by atoms with Crippen LogP contribution >= 0.6 is 11.6 Å². The van der Waals surface area contributed by atoms with Gasteiger partial charge in [0.25, 0.3) is 0 Å². The van der Waals surface area contributed by atoms with E-state index >= 15 is 0 Å². The minimum atomic E-state index is 0.716. The molecule has 0 saturated carbocycles. The first-order valence-electron chi connectivity index (χ1n) is 6.92. The van der Waals surface area contributed by atoms with E-state index in [9.17, 15) is 0 Å². The predicted molar refractivity (Wildman–Crippen MR) is 84.5 cm³/mol. The molecule has 1 aliphatic heterocycles. The maximum atomic E-state index is 5.89. The monoisotopic (exact) mass is 304 g/mol. The molecule has 1 N–H and O–H groups in total. The minimum absolute atomic E-state index is 0.716. The number of benzene rings is 1. The van der Waals surface area contributed by atoms with E-state index in [1.807, 2.05) is 37.3 Å². The van der Waals surface area contributed by atoms with Crippen molar-refractivity contribution in [2.45, 2.75) is 6.92 Å². The van der Waals surface area contributed by atoms with Crippen molar-refractivity contribution in [3.8, 4) is 0 Å². The molecule has 1 aromatic heterocycles. The molecule has 2 heterocycles. The van der Waals surface area contributed by atoms with Crippen LogP contribution in [0.2, 0.25) is 5.02 Å². The van der Waals surface area contributed by atoms with Crippen LogP contribution in [0.1, 0.15) is 5.82 Å². The molecule has 3 rings (SSSR count). The molecule has 1 saturated heterocycles. The van der Waals surface area contributed by atoms with Crippen LogP contribution in [-0.4, -0.2) is 36.3 Å². The molecule has 1 aromatic carbocycles. The van der Waals surface area contributed by atoms with Crippen molar-refractivity contribution < 1.29 is 4.74 Å². The van der Waals surface area contributed by atoms with Crippen LogP contribution in [0.3, 0.4) is 0 Å². The summed E-state index contributed by atoms with van der Waals surface area (Å²) in [5, 5.41) is 4.00. The summed E-state index contributed by atoms with van der Waals surface area (Å²) >= 11 is 5.89. The molecule has 110 valence electrons. The molecule has 0 unspecified atom stereocenters. The van der Waals surface area contributed by atoms with Gasteiger partial charge in [-0.1, -0.05) is 11.6 Å². The number of hydrogen-bond acceptors (Lipinski definition) is 5. The molecule has 0 spiro atoms. The Labute approximate surface area is 128 Å². The van der Waals surface area contributed by atoms with E-state index in [4.69, 9.17) is 16.3 Å². The third-order valence-corrected chi connectivity index (χ3v) is 3.53. The number of aromatic nitrogens is 2. The van der Waals surface area contributed by atoms with Crippen LogP contribution < -0.4 is 10.2 Å². The SMILES string of the molecule is Cc1nc(Nc2ccc(Cl)cc2)cc(N2CCOCC2)n1. The standard InChI is InChI=1S/C15H17ClN4O/c1-11-17-14(19-13-4-2-12(16)3-5-13)10-15(18-11)20-6-8-21-9-7-20/h2-5,10H,6-9H2,1H3,(H,17,18,19). The Kier molecular flexibility index (Phi) is 4.22. The third-order valence-electron chi connectivity index (χ3n) is 3.28. The van der Waals surface area contributed by atoms with Crippen LogP contribution in [0.5, 0.6) is 0 Å². The number of aryl methyl sites for hydroxylation is 1. The summed E-state index contributed by atoms with van der Waals surface area (Å²) in [6.45, 7) is 5.09. The Morgan fingerprint density at radius 2 is 1.86 bits per heavy atom. The molecular formula is C15H17ClN4O. The zero-order chi connectivity index (χ0) is 14.7. The van der Waals surface area contributed by atoms with Gasteiger partial charge in [0.2, 0.25) is 0 Å². The second kappa shape index (κ2) is 6.28. The molecule has 0 radical (unpaired) electrons. The largest absolute Gasteiger partial charge is 0.378 e. The highest BCUT2D eigenvalue weighted by Crippen LogP contribution is 2.21. The summed E-state index contributed by atoms with van der Waals surface area (Å²) in [4.78, 5) is 11.2. The van der Waals surface area contributed by atoms with Crippen LogP contribution in [0.25, 0.3) is 0 Å². The van der Waals surface area contributed by atoms with Gasteiger partial charge in [0.05, 0.1) is 13.2 Å². The Balaban J connectivity index is 1.81. The molecule has 0 amide bonds. The van der Waals surface area contributed by atoms with Crippen LogP contribution in [0.4, 0.5) is 17.3 Å². The molecular weight excluding hydrogens is 288 g/mol. The van der Waals surface area contributed by atoms with Crippen LogP contribution in [-0.2, 0) is 4.74 Å². The average Bonchev–Trinajstić information content (AvgIpc) is 2.50. The molecule has 21 heavy (non-hydrogen) atoms. The second-order valence-electron chi connectivity index (χ2n) is 4.89. The Morgan fingerprint density at radius 3 is 2.57 bits per heavy atom. The predicted octanol–water partition coefficient (Wildman–Crippen LogP) is 3.02. The minimum Gasteiger partial charge on any atom is -0.378 e. The molecule has 6 heteroatoms. The van der Waals surface area contributed by atoms with Crippen molar-refractivity contribution in [2.24, 2.45) is 0 Å². The maximum absolute atomic E-state index is 5.89. The molecule has 0 aliphatic carbocycles. The lowest BCUT2D eigenvalue weighted by atomic mass is 10.3. The molecule has 1 aliphatic rings. The van der Waals surface area contributed by atoms with E-state index in [0.29, 0.717) is 5.02 Å². The highest BCUT2D eigenvalue weighted by atomic mass is 35.5. The number of ether oxygens (including phenoxy) is 1. The molecule has 0 atom stereocenters. The van der Waals surface area contributed by atoms with Crippen molar-refractivity contribution in [1.29, 1.82) is 0 Å². The van der Waals surface area contributed by atoms with Gasteiger partial charge in [-0.05, 0) is 31.2 Å². The van der Waals surface area contributed by atoms with Gasteiger partial charge < -0.3 is 15.0 Å². The number of nitrogens with zero attached hydrogens (tertiary/aromatic N) is 3. The van der Waals surface area contributed by atoms with Crippen LogP contribution in [0, 0.1) is 6.92 Å². The van der Waals surface area contributed by atoms with Crippen LogP contribution in [0.15, 0.2) is 30.3 Å². The van der Waals surface area contributed by atoms with Crippen molar-refractivity contribution in [3.63, 3.8) is 0 Å². The van der Waals surface area contributed by atoms with Crippen molar-refractivity contribution in [3.05, 3.63) is 41.2 Å². The normalized spacial score (nSPS) is 15.0. The molecule has 0 bridgehead atoms. The first-order chi connectivity index (χ1) is 10.2. The van der Waals surface area contributed by atoms with Crippen molar-refractivity contribution in [2.75, 3.05) is 36.5 Å². The van der Waals surface area contributed by atoms with Gasteiger partial charge in [-0.3, -0.25) is 0 Å². The van der Waals surface area contributed by atoms with E-state index in [1.54, 1.807) is 0 Å². The summed E-state index contributed by atoms with van der Waals surface area (Å²) in [5.74, 6) is 2.46. The average molecular weight is 305 g/mol. The molecule has 2 aromatic rings. The Hall–Kier alpha value is -1.85. The zero-order valence-corrected chi connectivity index (χ0v) is 12.6. The lowest BCUT2D eigenvalue weighted by molar-refractivity contribution is 0.122. The number of morpholine rings is 1. The zero-order valence-electron chi connectivity index (χ0n) is 11.8. The van der Waals surface area contributed by atoms with Crippen molar-refractivity contribution >= 4 is 28.9 Å². The third kappa shape index (κ3) is 3.62. The number of halogens is 1. The lowest BCUT2D eigenvalue weighted by Gasteiger charge is -2.28. The maximum Gasteiger partial charge on any atom is 0.136 e. The molecule has 5 nitrogen and oxygen atoms in total. The second-order valence-corrected chi connectivity index (χ2v) is 5.33. The Bertz CT molecular complexity index is 612. The lowest BCUT2D eigenvalue weighted by Crippen LogP contribution is -2.36. The van der Waals surface area contributed by atoms with E-state index in [0.717, 1.165) is 49.5 Å². The fraction of sp³-hybridized carbons (Fsp3) is 0.333. The van der Waals surface area contributed by atoms with Gasteiger partial charge in [-0.15, -0.1) is 0 Å². The van der Waals surface area contributed by atoms with E-state index in [2.05, 4.69) is 20.2 Å². The summed E-state index contributed by atoms with van der Waals surface area (Å²) < 4.78 is 5.38.